The third-order valence-electron chi connectivity index (χ3n) is 5.95. The Bertz CT molecular complexity index is 1280. The molecule has 0 fully saturated rings. The highest BCUT2D eigenvalue weighted by molar-refractivity contribution is 5.94. The molecule has 0 saturated carbocycles. The second-order valence-electron chi connectivity index (χ2n) is 8.22. The van der Waals surface area contributed by atoms with Crippen LogP contribution in [0.15, 0.2) is 89.7 Å². The van der Waals surface area contributed by atoms with E-state index in [-0.39, 0.29) is 17.5 Å². The average Bonchev–Trinajstić information content (AvgIpc) is 2.86. The van der Waals surface area contributed by atoms with E-state index < -0.39 is 0 Å². The molecule has 0 N–H and O–H groups in total. The molecule has 4 rings (SSSR count). The van der Waals surface area contributed by atoms with Crippen molar-refractivity contribution in [3.8, 4) is 0 Å². The van der Waals surface area contributed by atoms with Gasteiger partial charge in [0, 0.05) is 18.7 Å². The number of para-hydroxylation sites is 1. The van der Waals surface area contributed by atoms with Gasteiger partial charge in [-0.3, -0.25) is 14.2 Å². The molecular formula is C28H29N3O2. The molecule has 1 heterocycles. The number of hydrogen-bond acceptors (Lipinski definition) is 3. The van der Waals surface area contributed by atoms with E-state index in [0.29, 0.717) is 35.4 Å². The number of carbonyl (C=O) groups is 1. The highest BCUT2D eigenvalue weighted by Crippen LogP contribution is 2.23. The molecule has 4 aromatic rings. The largest absolute Gasteiger partial charge is 0.328 e. The van der Waals surface area contributed by atoms with Gasteiger partial charge in [-0.05, 0) is 49.6 Å². The predicted molar refractivity (Wildman–Crippen MR) is 132 cm³/mol. The van der Waals surface area contributed by atoms with Gasteiger partial charge in [0.1, 0.15) is 5.82 Å². The summed E-state index contributed by atoms with van der Waals surface area (Å²) in [5, 5.41) is 0.604. The van der Waals surface area contributed by atoms with Crippen molar-refractivity contribution < 1.29 is 4.79 Å². The van der Waals surface area contributed by atoms with E-state index in [1.165, 1.54) is 0 Å². The van der Waals surface area contributed by atoms with Crippen LogP contribution in [-0.4, -0.2) is 26.9 Å². The van der Waals surface area contributed by atoms with Gasteiger partial charge < -0.3 is 4.90 Å². The summed E-state index contributed by atoms with van der Waals surface area (Å²) in [5.74, 6) is 0.558. The minimum Gasteiger partial charge on any atom is -0.328 e. The van der Waals surface area contributed by atoms with Crippen molar-refractivity contribution in [3.05, 3.63) is 112 Å². The smallest absolute Gasteiger partial charge is 0.261 e. The van der Waals surface area contributed by atoms with Crippen LogP contribution in [0.1, 0.15) is 48.1 Å². The Labute approximate surface area is 194 Å². The SMILES string of the molecule is CCCn1c(C(C)N(CCc2ccccc2)C(=O)c2ccccc2)nc2ccccc2c1=O. The van der Waals surface area contributed by atoms with Crippen molar-refractivity contribution in [2.45, 2.75) is 39.3 Å². The van der Waals surface area contributed by atoms with Gasteiger partial charge >= 0.3 is 0 Å². The van der Waals surface area contributed by atoms with Gasteiger partial charge in [-0.1, -0.05) is 67.6 Å². The highest BCUT2D eigenvalue weighted by atomic mass is 16.2. The van der Waals surface area contributed by atoms with Crippen LogP contribution in [-0.2, 0) is 13.0 Å². The highest BCUT2D eigenvalue weighted by Gasteiger charge is 2.26. The number of fused-ring (bicyclic) bond motifs is 1. The predicted octanol–water partition coefficient (Wildman–Crippen LogP) is 5.25. The summed E-state index contributed by atoms with van der Waals surface area (Å²) < 4.78 is 1.74. The first-order chi connectivity index (χ1) is 16.1. The molecule has 1 amide bonds. The molecule has 3 aromatic carbocycles. The van der Waals surface area contributed by atoms with Crippen molar-refractivity contribution in [3.63, 3.8) is 0 Å². The lowest BCUT2D eigenvalue weighted by Crippen LogP contribution is -2.39. The zero-order valence-electron chi connectivity index (χ0n) is 19.1. The Morgan fingerprint density at radius 2 is 1.58 bits per heavy atom. The lowest BCUT2D eigenvalue weighted by molar-refractivity contribution is 0.0681. The van der Waals surface area contributed by atoms with E-state index in [9.17, 15) is 9.59 Å². The lowest BCUT2D eigenvalue weighted by atomic mass is 10.1. The molecule has 0 aliphatic heterocycles. The van der Waals surface area contributed by atoms with Crippen molar-refractivity contribution in [1.82, 2.24) is 14.5 Å². The number of carbonyl (C=O) groups excluding carboxylic acids is 1. The molecule has 168 valence electrons. The summed E-state index contributed by atoms with van der Waals surface area (Å²) in [6.45, 7) is 5.09. The quantitative estimate of drug-likeness (QED) is 0.377. The number of aromatic nitrogens is 2. The van der Waals surface area contributed by atoms with Gasteiger partial charge in [-0.15, -0.1) is 0 Å². The summed E-state index contributed by atoms with van der Waals surface area (Å²) in [4.78, 5) is 33.6. The van der Waals surface area contributed by atoms with E-state index in [2.05, 4.69) is 12.1 Å². The number of hydrogen-bond donors (Lipinski definition) is 0. The Kier molecular flexibility index (Phi) is 6.98. The number of benzene rings is 3. The van der Waals surface area contributed by atoms with Crippen LogP contribution in [0.3, 0.4) is 0 Å². The third kappa shape index (κ3) is 4.87. The maximum atomic E-state index is 13.6. The molecule has 1 unspecified atom stereocenters. The van der Waals surface area contributed by atoms with Gasteiger partial charge in [-0.25, -0.2) is 4.98 Å². The molecule has 33 heavy (non-hydrogen) atoms. The van der Waals surface area contributed by atoms with Crippen molar-refractivity contribution in [2.75, 3.05) is 6.54 Å². The maximum absolute atomic E-state index is 13.6. The molecule has 1 aromatic heterocycles. The zero-order chi connectivity index (χ0) is 23.2. The van der Waals surface area contributed by atoms with Gasteiger partial charge in [0.25, 0.3) is 11.5 Å². The van der Waals surface area contributed by atoms with Crippen molar-refractivity contribution in [2.24, 2.45) is 0 Å². The topological polar surface area (TPSA) is 55.2 Å². The Hall–Kier alpha value is -3.73. The number of rotatable bonds is 8. The maximum Gasteiger partial charge on any atom is 0.261 e. The zero-order valence-corrected chi connectivity index (χ0v) is 19.1. The van der Waals surface area contributed by atoms with Crippen LogP contribution in [0.25, 0.3) is 10.9 Å². The fourth-order valence-electron chi connectivity index (χ4n) is 4.20. The van der Waals surface area contributed by atoms with E-state index in [0.717, 1.165) is 18.4 Å². The summed E-state index contributed by atoms with van der Waals surface area (Å²) in [6, 6.07) is 26.5. The molecule has 5 heteroatoms. The molecule has 0 aliphatic rings. The fraction of sp³-hybridized carbons (Fsp3) is 0.250. The van der Waals surface area contributed by atoms with Crippen LogP contribution in [0.4, 0.5) is 0 Å². The first kappa shape index (κ1) is 22.5. The normalized spacial score (nSPS) is 11.9. The number of nitrogens with zero attached hydrogens (tertiary/aromatic N) is 3. The van der Waals surface area contributed by atoms with Gasteiger partial charge in [-0.2, -0.15) is 0 Å². The van der Waals surface area contributed by atoms with Crippen LogP contribution >= 0.6 is 0 Å². The Morgan fingerprint density at radius 1 is 0.939 bits per heavy atom. The third-order valence-corrected chi connectivity index (χ3v) is 5.95. The van der Waals surface area contributed by atoms with Gasteiger partial charge in [0.15, 0.2) is 0 Å². The molecule has 5 nitrogen and oxygen atoms in total. The summed E-state index contributed by atoms with van der Waals surface area (Å²) >= 11 is 0. The van der Waals surface area contributed by atoms with Crippen LogP contribution in [0.2, 0.25) is 0 Å². The second-order valence-corrected chi connectivity index (χ2v) is 8.22. The standard InChI is InChI=1S/C28H29N3O2/c1-3-19-31-26(29-25-17-11-10-16-24(25)28(31)33)21(2)30(20-18-22-12-6-4-7-13-22)27(32)23-14-8-5-9-15-23/h4-17,21H,3,18-20H2,1-2H3. The lowest BCUT2D eigenvalue weighted by Gasteiger charge is -2.31. The molecular weight excluding hydrogens is 410 g/mol. The second kappa shape index (κ2) is 10.3. The van der Waals surface area contributed by atoms with Crippen LogP contribution in [0.5, 0.6) is 0 Å². The summed E-state index contributed by atoms with van der Waals surface area (Å²) in [6.07, 6.45) is 1.52. The minimum absolute atomic E-state index is 0.0560. The van der Waals surface area contributed by atoms with E-state index in [1.807, 2.05) is 91.5 Å². The first-order valence-electron chi connectivity index (χ1n) is 11.5. The molecule has 0 spiro atoms. The Morgan fingerprint density at radius 3 is 2.27 bits per heavy atom. The van der Waals surface area contributed by atoms with E-state index >= 15 is 0 Å². The molecule has 0 saturated heterocycles. The van der Waals surface area contributed by atoms with E-state index in [1.54, 1.807) is 4.57 Å². The summed E-state index contributed by atoms with van der Waals surface area (Å²) in [7, 11) is 0. The monoisotopic (exact) mass is 439 g/mol. The molecule has 0 bridgehead atoms. The van der Waals surface area contributed by atoms with Crippen LogP contribution in [0, 0.1) is 0 Å². The molecule has 0 aliphatic carbocycles. The molecule has 1 atom stereocenters. The molecule has 0 radical (unpaired) electrons. The van der Waals surface area contributed by atoms with Gasteiger partial charge in [0.05, 0.1) is 16.9 Å². The first-order valence-corrected chi connectivity index (χ1v) is 11.5. The Balaban J connectivity index is 1.77. The van der Waals surface area contributed by atoms with Crippen molar-refractivity contribution >= 4 is 16.8 Å². The van der Waals surface area contributed by atoms with Gasteiger partial charge in [0.2, 0.25) is 0 Å². The number of amides is 1. The van der Waals surface area contributed by atoms with Crippen molar-refractivity contribution in [1.29, 1.82) is 0 Å². The van der Waals surface area contributed by atoms with E-state index in [4.69, 9.17) is 4.98 Å². The minimum atomic E-state index is -0.370. The van der Waals surface area contributed by atoms with Crippen LogP contribution < -0.4 is 5.56 Å². The fourth-order valence-corrected chi connectivity index (χ4v) is 4.20. The average molecular weight is 440 g/mol. The summed E-state index contributed by atoms with van der Waals surface area (Å²) in [5.41, 5.74) is 2.39.